The maximum atomic E-state index is 14.1. The quantitative estimate of drug-likeness (QED) is 0.106. The van der Waals surface area contributed by atoms with Crippen LogP contribution < -0.4 is 9.47 Å². The Balaban J connectivity index is 1.49. The number of halogens is 1. The molecule has 0 N–H and O–H groups in total. The number of carbonyl (C=O) groups excluding carboxylic acids is 1. The van der Waals surface area contributed by atoms with E-state index in [2.05, 4.69) is 156 Å². The largest absolute Gasteiger partial charge is 0.344 e. The number of thioether (sulfide) groups is 1. The third-order valence-corrected chi connectivity index (χ3v) is 10.5. The van der Waals surface area contributed by atoms with Crippen LogP contribution in [0.5, 0.6) is 0 Å². The fraction of sp³-hybridized carbons (Fsp3) is 0.278. The summed E-state index contributed by atoms with van der Waals surface area (Å²) in [5.74, 6) is 2.02. The van der Waals surface area contributed by atoms with Crippen LogP contribution in [0.1, 0.15) is 51.6 Å². The summed E-state index contributed by atoms with van der Waals surface area (Å²) < 4.78 is 5.88. The van der Waals surface area contributed by atoms with E-state index < -0.39 is 0 Å². The SMILES string of the molecule is CCN1C(=CC2=C(SCc3ccc(I)cc3)C(=Cc3n(CC)c4ccccc4[n+]3CC)C2=O)C(C)(C)c2ccccc21. The van der Waals surface area contributed by atoms with E-state index in [0.717, 1.165) is 47.3 Å². The van der Waals surface area contributed by atoms with Gasteiger partial charge in [-0.1, -0.05) is 56.3 Å². The van der Waals surface area contributed by atoms with Gasteiger partial charge in [0.15, 0.2) is 16.8 Å². The summed E-state index contributed by atoms with van der Waals surface area (Å²) in [7, 11) is 0. The number of anilines is 1. The lowest BCUT2D eigenvalue weighted by molar-refractivity contribution is -0.670. The maximum absolute atomic E-state index is 14.1. The number of likely N-dealkylation sites (N-methyl/N-ethyl adjacent to an activating group) is 1. The number of allylic oxidation sites excluding steroid dienone is 4. The summed E-state index contributed by atoms with van der Waals surface area (Å²) >= 11 is 4.12. The summed E-state index contributed by atoms with van der Waals surface area (Å²) in [6.07, 6.45) is 4.32. The van der Waals surface area contributed by atoms with Crippen LogP contribution in [0.25, 0.3) is 17.1 Å². The van der Waals surface area contributed by atoms with E-state index in [1.165, 1.54) is 37.1 Å². The predicted molar refractivity (Wildman–Crippen MR) is 185 cm³/mol. The molecule has 4 nitrogen and oxygen atoms in total. The van der Waals surface area contributed by atoms with Gasteiger partial charge in [-0.3, -0.25) is 4.79 Å². The standard InChI is InChI=1S/C36H37IN3OS/c1-6-38-29-14-10-9-13-28(29)36(4,5)32(38)21-26-34(41)27(35(26)42-23-24-17-19-25(37)20-18-24)22-33-39(7-2)30-15-11-12-16-31(30)40(33)8-3/h9-22H,6-8,23H2,1-5H3/q+1. The number of nitrogens with zero attached hydrogens (tertiary/aromatic N) is 3. The monoisotopic (exact) mass is 686 g/mol. The molecule has 2 aliphatic rings. The highest BCUT2D eigenvalue weighted by atomic mass is 127. The number of imidazole rings is 1. The topological polar surface area (TPSA) is 29.1 Å². The molecule has 4 aromatic rings. The van der Waals surface area contributed by atoms with E-state index in [9.17, 15) is 4.79 Å². The average Bonchev–Trinajstić information content (AvgIpc) is 3.43. The Bertz CT molecular complexity index is 1750. The first-order chi connectivity index (χ1) is 20.3. The first kappa shape index (κ1) is 29.0. The van der Waals surface area contributed by atoms with Crippen LogP contribution in [0.3, 0.4) is 0 Å². The number of aromatic nitrogens is 2. The molecular formula is C36H37IN3OS+. The zero-order chi connectivity index (χ0) is 29.6. The molecule has 0 saturated heterocycles. The van der Waals surface area contributed by atoms with Crippen molar-refractivity contribution >= 4 is 62.9 Å². The van der Waals surface area contributed by atoms with Crippen LogP contribution in [0.2, 0.25) is 0 Å². The first-order valence-electron chi connectivity index (χ1n) is 14.8. The van der Waals surface area contributed by atoms with Crippen molar-refractivity contribution in [3.63, 3.8) is 0 Å². The maximum Gasteiger partial charge on any atom is 0.283 e. The highest BCUT2D eigenvalue weighted by molar-refractivity contribution is 14.1. The molecule has 6 rings (SSSR count). The second-order valence-corrected chi connectivity index (χ2v) is 13.5. The number of fused-ring (bicyclic) bond motifs is 2. The first-order valence-corrected chi connectivity index (χ1v) is 16.8. The molecule has 42 heavy (non-hydrogen) atoms. The number of benzene rings is 3. The van der Waals surface area contributed by atoms with Crippen LogP contribution >= 0.6 is 34.4 Å². The van der Waals surface area contributed by atoms with E-state index in [4.69, 9.17) is 0 Å². The minimum atomic E-state index is -0.189. The number of ketones is 1. The molecule has 0 saturated carbocycles. The smallest absolute Gasteiger partial charge is 0.283 e. The molecule has 214 valence electrons. The zero-order valence-electron chi connectivity index (χ0n) is 24.9. The number of para-hydroxylation sites is 3. The van der Waals surface area contributed by atoms with Crippen molar-refractivity contribution in [2.45, 2.75) is 58.9 Å². The van der Waals surface area contributed by atoms with Crippen molar-refractivity contribution in [3.05, 3.63) is 121 Å². The molecule has 0 fully saturated rings. The molecule has 1 aliphatic carbocycles. The number of aryl methyl sites for hydroxylation is 2. The van der Waals surface area contributed by atoms with Gasteiger partial charge < -0.3 is 4.90 Å². The molecule has 1 aliphatic heterocycles. The summed E-state index contributed by atoms with van der Waals surface area (Å²) in [6, 6.07) is 25.8. The molecule has 3 aromatic carbocycles. The number of rotatable bonds is 8. The van der Waals surface area contributed by atoms with Gasteiger partial charge in [-0.05, 0) is 90.9 Å². The van der Waals surface area contributed by atoms with Gasteiger partial charge >= 0.3 is 0 Å². The Hall–Kier alpha value is -3.10. The average molecular weight is 687 g/mol. The van der Waals surface area contributed by atoms with Crippen molar-refractivity contribution in [2.75, 3.05) is 11.4 Å². The summed E-state index contributed by atoms with van der Waals surface area (Å²) in [5.41, 5.74) is 8.84. The Morgan fingerprint density at radius 2 is 1.62 bits per heavy atom. The minimum Gasteiger partial charge on any atom is -0.344 e. The van der Waals surface area contributed by atoms with Crippen LogP contribution in [-0.2, 0) is 29.1 Å². The molecule has 1 aromatic heterocycles. The molecule has 0 bridgehead atoms. The van der Waals surface area contributed by atoms with Crippen molar-refractivity contribution in [2.24, 2.45) is 0 Å². The van der Waals surface area contributed by atoms with Crippen molar-refractivity contribution in [3.8, 4) is 0 Å². The summed E-state index contributed by atoms with van der Waals surface area (Å²) in [5, 5.41) is 0. The predicted octanol–water partition coefficient (Wildman–Crippen LogP) is 8.43. The third kappa shape index (κ3) is 4.77. The van der Waals surface area contributed by atoms with Gasteiger partial charge in [-0.15, -0.1) is 11.8 Å². The van der Waals surface area contributed by atoms with Gasteiger partial charge in [0.1, 0.15) is 0 Å². The molecule has 0 amide bonds. The molecule has 0 spiro atoms. The van der Waals surface area contributed by atoms with Crippen LogP contribution in [-0.4, -0.2) is 16.9 Å². The van der Waals surface area contributed by atoms with E-state index >= 15 is 0 Å². The lowest BCUT2D eigenvalue weighted by Crippen LogP contribution is -2.36. The van der Waals surface area contributed by atoms with Crippen LogP contribution in [0, 0.1) is 3.57 Å². The molecular weight excluding hydrogens is 649 g/mol. The van der Waals surface area contributed by atoms with E-state index in [0.29, 0.717) is 0 Å². The van der Waals surface area contributed by atoms with Crippen molar-refractivity contribution in [1.29, 1.82) is 0 Å². The number of Topliss-reactive ketones (excluding diaryl/α,β-unsaturated/α-hetero) is 1. The fourth-order valence-corrected chi connectivity index (χ4v) is 7.91. The molecule has 6 heteroatoms. The summed E-state index contributed by atoms with van der Waals surface area (Å²) in [4.78, 5) is 17.6. The van der Waals surface area contributed by atoms with E-state index in [1.807, 2.05) is 0 Å². The van der Waals surface area contributed by atoms with Gasteiger partial charge in [0.2, 0.25) is 0 Å². The Labute approximate surface area is 267 Å². The normalized spacial score (nSPS) is 18.0. The van der Waals surface area contributed by atoms with Crippen LogP contribution in [0.4, 0.5) is 5.69 Å². The van der Waals surface area contributed by atoms with Crippen molar-refractivity contribution in [1.82, 2.24) is 4.57 Å². The van der Waals surface area contributed by atoms with E-state index in [-0.39, 0.29) is 11.2 Å². The zero-order valence-corrected chi connectivity index (χ0v) is 27.9. The van der Waals surface area contributed by atoms with Crippen LogP contribution in [0.15, 0.2) is 101 Å². The molecule has 0 radical (unpaired) electrons. The highest BCUT2D eigenvalue weighted by Crippen LogP contribution is 2.50. The molecule has 0 atom stereocenters. The molecule has 2 heterocycles. The van der Waals surface area contributed by atoms with Crippen molar-refractivity contribution < 1.29 is 9.36 Å². The minimum absolute atomic E-state index is 0.131. The molecule has 0 unspecified atom stereocenters. The lowest BCUT2D eigenvalue weighted by Gasteiger charge is -2.29. The van der Waals surface area contributed by atoms with Gasteiger partial charge in [-0.2, -0.15) is 0 Å². The van der Waals surface area contributed by atoms with Gasteiger partial charge in [0, 0.05) is 54.8 Å². The Morgan fingerprint density at radius 1 is 0.905 bits per heavy atom. The number of hydrogen-bond donors (Lipinski definition) is 0. The second-order valence-electron chi connectivity index (χ2n) is 11.3. The van der Waals surface area contributed by atoms with E-state index in [1.54, 1.807) is 11.8 Å². The Morgan fingerprint density at radius 3 is 2.33 bits per heavy atom. The third-order valence-electron chi connectivity index (χ3n) is 8.59. The number of carbonyl (C=O) groups is 1. The lowest BCUT2D eigenvalue weighted by atomic mass is 9.81. The highest BCUT2D eigenvalue weighted by Gasteiger charge is 2.42. The van der Waals surface area contributed by atoms with Gasteiger partial charge in [0.25, 0.3) is 5.82 Å². The Kier molecular flexibility index (Phi) is 7.96. The second kappa shape index (κ2) is 11.5. The van der Waals surface area contributed by atoms with Gasteiger partial charge in [0.05, 0.1) is 13.1 Å². The van der Waals surface area contributed by atoms with Gasteiger partial charge in [-0.25, -0.2) is 9.13 Å². The number of hydrogen-bond acceptors (Lipinski definition) is 3. The fourth-order valence-electron chi connectivity index (χ4n) is 6.43. The summed E-state index contributed by atoms with van der Waals surface area (Å²) in [6.45, 7) is 13.6.